The molecule has 0 atom stereocenters. The Bertz CT molecular complexity index is 795. The minimum atomic E-state index is 1.10. The molecule has 0 nitrogen and oxygen atoms in total. The third-order valence-electron chi connectivity index (χ3n) is 4.46. The molecule has 0 aliphatic carbocycles. The lowest BCUT2D eigenvalue weighted by Crippen LogP contribution is -1.87. The SMILES string of the molecule is C=C(CCCCCC)c1cccc2cc3ccccc3cc12. The predicted molar refractivity (Wildman–Crippen MR) is 99.2 cm³/mol. The van der Waals surface area contributed by atoms with Crippen molar-refractivity contribution >= 4 is 27.1 Å². The van der Waals surface area contributed by atoms with Gasteiger partial charge >= 0.3 is 0 Å². The van der Waals surface area contributed by atoms with Gasteiger partial charge < -0.3 is 0 Å². The van der Waals surface area contributed by atoms with Crippen molar-refractivity contribution in [2.75, 3.05) is 0 Å². The van der Waals surface area contributed by atoms with Crippen molar-refractivity contribution in [3.05, 3.63) is 66.7 Å². The lowest BCUT2D eigenvalue weighted by molar-refractivity contribution is 0.679. The third kappa shape index (κ3) is 3.06. The summed E-state index contributed by atoms with van der Waals surface area (Å²) in [6, 6.07) is 19.8. The van der Waals surface area contributed by atoms with Gasteiger partial charge in [0.15, 0.2) is 0 Å². The highest BCUT2D eigenvalue weighted by molar-refractivity contribution is 6.02. The number of rotatable bonds is 6. The molecular formula is C22H24. The van der Waals surface area contributed by atoms with Crippen molar-refractivity contribution in [1.82, 2.24) is 0 Å². The maximum atomic E-state index is 4.35. The Kier molecular flexibility index (Phi) is 4.58. The molecule has 0 unspecified atom stereocenters. The molecule has 112 valence electrons. The Morgan fingerprint density at radius 3 is 2.32 bits per heavy atom. The summed E-state index contributed by atoms with van der Waals surface area (Å²) in [5.74, 6) is 0. The molecule has 0 fully saturated rings. The lowest BCUT2D eigenvalue weighted by atomic mass is 9.93. The summed E-state index contributed by atoms with van der Waals surface area (Å²) in [5.41, 5.74) is 2.59. The first-order valence-electron chi connectivity index (χ1n) is 8.39. The second-order valence-electron chi connectivity index (χ2n) is 6.14. The average molecular weight is 288 g/mol. The number of unbranched alkanes of at least 4 members (excludes halogenated alkanes) is 3. The van der Waals surface area contributed by atoms with E-state index in [-0.39, 0.29) is 0 Å². The molecule has 0 heterocycles. The largest absolute Gasteiger partial charge is 0.0952 e. The molecule has 0 saturated carbocycles. The van der Waals surface area contributed by atoms with Crippen LogP contribution >= 0.6 is 0 Å². The van der Waals surface area contributed by atoms with Crippen LogP contribution in [-0.4, -0.2) is 0 Å². The maximum Gasteiger partial charge on any atom is -0.0102 e. The van der Waals surface area contributed by atoms with Gasteiger partial charge in [0.1, 0.15) is 0 Å². The second kappa shape index (κ2) is 6.79. The first-order chi connectivity index (χ1) is 10.8. The van der Waals surface area contributed by atoms with Gasteiger partial charge in [0.25, 0.3) is 0 Å². The fraction of sp³-hybridized carbons (Fsp3) is 0.273. The zero-order valence-corrected chi connectivity index (χ0v) is 13.4. The predicted octanol–water partition coefficient (Wildman–Crippen LogP) is 6.98. The van der Waals surface area contributed by atoms with Crippen LogP contribution in [0.25, 0.3) is 27.1 Å². The fourth-order valence-corrected chi connectivity index (χ4v) is 3.17. The van der Waals surface area contributed by atoms with Crippen molar-refractivity contribution in [3.63, 3.8) is 0 Å². The van der Waals surface area contributed by atoms with E-state index in [1.807, 2.05) is 0 Å². The van der Waals surface area contributed by atoms with Crippen molar-refractivity contribution < 1.29 is 0 Å². The molecule has 0 aliphatic heterocycles. The minimum absolute atomic E-state index is 1.10. The van der Waals surface area contributed by atoms with Gasteiger partial charge in [0.05, 0.1) is 0 Å². The highest BCUT2D eigenvalue weighted by atomic mass is 14.1. The molecule has 0 amide bonds. The van der Waals surface area contributed by atoms with Gasteiger partial charge in [-0.2, -0.15) is 0 Å². The van der Waals surface area contributed by atoms with Crippen molar-refractivity contribution in [2.45, 2.75) is 39.0 Å². The Morgan fingerprint density at radius 2 is 1.55 bits per heavy atom. The molecular weight excluding hydrogens is 264 g/mol. The van der Waals surface area contributed by atoms with Crippen molar-refractivity contribution in [1.29, 1.82) is 0 Å². The van der Waals surface area contributed by atoms with E-state index in [1.165, 1.54) is 58.4 Å². The summed E-state index contributed by atoms with van der Waals surface area (Å²) in [6.07, 6.45) is 6.27. The normalized spacial score (nSPS) is 11.1. The zero-order chi connectivity index (χ0) is 15.4. The Labute approximate surface area is 133 Å². The van der Waals surface area contributed by atoms with Gasteiger partial charge in [0, 0.05) is 0 Å². The van der Waals surface area contributed by atoms with Crippen LogP contribution in [0.15, 0.2) is 61.2 Å². The summed E-state index contributed by atoms with van der Waals surface area (Å²) < 4.78 is 0. The van der Waals surface area contributed by atoms with Gasteiger partial charge in [0.2, 0.25) is 0 Å². The molecule has 0 spiro atoms. The van der Waals surface area contributed by atoms with Crippen molar-refractivity contribution in [2.24, 2.45) is 0 Å². The molecule has 0 bridgehead atoms. The maximum absolute atomic E-state index is 4.35. The van der Waals surface area contributed by atoms with Gasteiger partial charge in [-0.05, 0) is 57.7 Å². The molecule has 22 heavy (non-hydrogen) atoms. The second-order valence-corrected chi connectivity index (χ2v) is 6.14. The molecule has 3 aromatic carbocycles. The molecule has 0 aromatic heterocycles. The van der Waals surface area contributed by atoms with Crippen LogP contribution in [0.3, 0.4) is 0 Å². The molecule has 0 heteroatoms. The number of allylic oxidation sites excluding steroid dienone is 1. The van der Waals surface area contributed by atoms with Gasteiger partial charge in [-0.1, -0.05) is 75.2 Å². The van der Waals surface area contributed by atoms with E-state index in [0.29, 0.717) is 0 Å². The van der Waals surface area contributed by atoms with Crippen LogP contribution in [0.2, 0.25) is 0 Å². The van der Waals surface area contributed by atoms with E-state index in [0.717, 1.165) is 6.42 Å². The van der Waals surface area contributed by atoms with E-state index in [1.54, 1.807) is 0 Å². The average Bonchev–Trinajstić information content (AvgIpc) is 2.56. The summed E-state index contributed by atoms with van der Waals surface area (Å²) in [4.78, 5) is 0. The molecule has 3 rings (SSSR count). The van der Waals surface area contributed by atoms with E-state index in [4.69, 9.17) is 0 Å². The Balaban J connectivity index is 1.95. The summed E-state index contributed by atoms with van der Waals surface area (Å²) in [5, 5.41) is 5.26. The summed E-state index contributed by atoms with van der Waals surface area (Å²) in [7, 11) is 0. The minimum Gasteiger partial charge on any atom is -0.0952 e. The van der Waals surface area contributed by atoms with E-state index in [9.17, 15) is 0 Å². The van der Waals surface area contributed by atoms with Crippen molar-refractivity contribution in [3.8, 4) is 0 Å². The number of benzene rings is 3. The Hall–Kier alpha value is -2.08. The first kappa shape index (κ1) is 14.8. The molecule has 0 aliphatic rings. The molecule has 3 aromatic rings. The van der Waals surface area contributed by atoms with Gasteiger partial charge in [-0.25, -0.2) is 0 Å². The van der Waals surface area contributed by atoms with Gasteiger partial charge in [-0.15, -0.1) is 0 Å². The van der Waals surface area contributed by atoms with Crippen LogP contribution in [-0.2, 0) is 0 Å². The Morgan fingerprint density at radius 1 is 0.818 bits per heavy atom. The van der Waals surface area contributed by atoms with Crippen LogP contribution in [0, 0.1) is 0 Å². The van der Waals surface area contributed by atoms with Crippen LogP contribution in [0.5, 0.6) is 0 Å². The molecule has 0 saturated heterocycles. The lowest BCUT2D eigenvalue weighted by Gasteiger charge is -2.11. The summed E-state index contributed by atoms with van der Waals surface area (Å²) >= 11 is 0. The molecule has 0 N–H and O–H groups in total. The monoisotopic (exact) mass is 288 g/mol. The van der Waals surface area contributed by atoms with Crippen LogP contribution in [0.1, 0.15) is 44.6 Å². The van der Waals surface area contributed by atoms with E-state index >= 15 is 0 Å². The number of hydrogen-bond donors (Lipinski definition) is 0. The first-order valence-corrected chi connectivity index (χ1v) is 8.39. The van der Waals surface area contributed by atoms with E-state index < -0.39 is 0 Å². The quantitative estimate of drug-likeness (QED) is 0.339. The smallest absolute Gasteiger partial charge is 0.0102 e. The van der Waals surface area contributed by atoms with Gasteiger partial charge in [-0.3, -0.25) is 0 Å². The topological polar surface area (TPSA) is 0 Å². The zero-order valence-electron chi connectivity index (χ0n) is 13.4. The van der Waals surface area contributed by atoms with E-state index in [2.05, 4.69) is 68.1 Å². The highest BCUT2D eigenvalue weighted by Crippen LogP contribution is 2.30. The van der Waals surface area contributed by atoms with Crippen LogP contribution < -0.4 is 0 Å². The molecule has 0 radical (unpaired) electrons. The number of fused-ring (bicyclic) bond motifs is 2. The highest BCUT2D eigenvalue weighted by Gasteiger charge is 2.06. The third-order valence-corrected chi connectivity index (χ3v) is 4.46. The standard InChI is InChI=1S/C22H24/c1-3-4-5-6-10-17(2)21-14-9-13-20-15-18-11-7-8-12-19(18)16-22(20)21/h7-9,11-16H,2-6,10H2,1H3. The van der Waals surface area contributed by atoms with Crippen LogP contribution in [0.4, 0.5) is 0 Å². The summed E-state index contributed by atoms with van der Waals surface area (Å²) in [6.45, 7) is 6.61. The fourth-order valence-electron chi connectivity index (χ4n) is 3.17. The number of hydrogen-bond acceptors (Lipinski definition) is 0.